The van der Waals surface area contributed by atoms with Crippen LogP contribution in [0.5, 0.6) is 5.75 Å². The monoisotopic (exact) mass is 388 g/mol. The van der Waals surface area contributed by atoms with Crippen LogP contribution < -0.4 is 4.74 Å². The van der Waals surface area contributed by atoms with Crippen LogP contribution in [0.1, 0.15) is 20.8 Å². The third-order valence-electron chi connectivity index (χ3n) is 3.90. The molecular weight excluding hydrogens is 374 g/mol. The molecule has 0 amide bonds. The van der Waals surface area contributed by atoms with E-state index in [0.29, 0.717) is 21.8 Å². The maximum absolute atomic E-state index is 13.9. The zero-order chi connectivity index (χ0) is 19.6. The minimum atomic E-state index is -1.06. The van der Waals surface area contributed by atoms with Crippen molar-refractivity contribution in [1.29, 1.82) is 0 Å². The minimum absolute atomic E-state index is 0.140. The molecule has 1 aromatic heterocycles. The quantitative estimate of drug-likeness (QED) is 0.629. The van der Waals surface area contributed by atoms with Crippen LogP contribution in [0.25, 0.3) is 10.4 Å². The van der Waals surface area contributed by atoms with Crippen LogP contribution in [0.15, 0.2) is 48.5 Å². The summed E-state index contributed by atoms with van der Waals surface area (Å²) in [6.45, 7) is 0. The number of methoxy groups -OCH3 is 1. The minimum Gasteiger partial charge on any atom is -0.497 e. The average Bonchev–Trinajstić information content (AvgIpc) is 3.06. The number of benzene rings is 2. The number of ketones is 1. The van der Waals surface area contributed by atoms with E-state index in [4.69, 9.17) is 9.84 Å². The van der Waals surface area contributed by atoms with Crippen molar-refractivity contribution in [3.63, 3.8) is 0 Å². The summed E-state index contributed by atoms with van der Waals surface area (Å²) in [5, 5.41) is 9.16. The summed E-state index contributed by atoms with van der Waals surface area (Å²) >= 11 is 1.04. The molecule has 0 saturated heterocycles. The number of aliphatic carboxylic acids is 1. The normalized spacial score (nSPS) is 10.6. The highest BCUT2D eigenvalue weighted by Gasteiger charge is 2.21. The molecule has 0 saturated carbocycles. The first kappa shape index (κ1) is 18.7. The van der Waals surface area contributed by atoms with Crippen molar-refractivity contribution in [2.24, 2.45) is 0 Å². The maximum Gasteiger partial charge on any atom is 0.307 e. The maximum atomic E-state index is 13.9. The Balaban J connectivity index is 2.06. The third kappa shape index (κ3) is 4.03. The number of thiophene rings is 1. The molecule has 3 rings (SSSR count). The Morgan fingerprint density at radius 1 is 1.07 bits per heavy atom. The van der Waals surface area contributed by atoms with Crippen LogP contribution in [0.4, 0.5) is 8.78 Å². The Morgan fingerprint density at radius 2 is 1.78 bits per heavy atom. The van der Waals surface area contributed by atoms with Crippen molar-refractivity contribution >= 4 is 23.1 Å². The fourth-order valence-corrected chi connectivity index (χ4v) is 3.77. The van der Waals surface area contributed by atoms with Gasteiger partial charge in [0, 0.05) is 4.88 Å². The van der Waals surface area contributed by atoms with Gasteiger partial charge in [0.25, 0.3) is 0 Å². The number of ether oxygens (including phenoxy) is 1. The molecule has 0 aliphatic rings. The summed E-state index contributed by atoms with van der Waals surface area (Å²) in [6, 6.07) is 11.0. The zero-order valence-corrected chi connectivity index (χ0v) is 15.0. The molecule has 0 radical (unpaired) electrons. The van der Waals surface area contributed by atoms with Crippen LogP contribution >= 0.6 is 11.3 Å². The van der Waals surface area contributed by atoms with Crippen molar-refractivity contribution in [1.82, 2.24) is 0 Å². The number of carboxylic acid groups (broad SMARTS) is 1. The molecule has 27 heavy (non-hydrogen) atoms. The van der Waals surface area contributed by atoms with E-state index in [1.807, 2.05) is 0 Å². The average molecular weight is 388 g/mol. The number of carboxylic acids is 1. The molecule has 0 aliphatic carbocycles. The molecule has 4 nitrogen and oxygen atoms in total. The summed E-state index contributed by atoms with van der Waals surface area (Å²) < 4.78 is 32.5. The first-order chi connectivity index (χ1) is 12.9. The molecule has 0 atom stereocenters. The predicted octanol–water partition coefficient (Wildman–Crippen LogP) is 4.56. The fourth-order valence-electron chi connectivity index (χ4n) is 2.63. The molecule has 138 valence electrons. The van der Waals surface area contributed by atoms with Gasteiger partial charge in [-0.3, -0.25) is 9.59 Å². The Hall–Kier alpha value is -3.06. The van der Waals surface area contributed by atoms with E-state index >= 15 is 0 Å². The van der Waals surface area contributed by atoms with Crippen molar-refractivity contribution in [3.05, 3.63) is 76.2 Å². The summed E-state index contributed by atoms with van der Waals surface area (Å²) in [5.74, 6) is -2.67. The predicted molar refractivity (Wildman–Crippen MR) is 97.4 cm³/mol. The largest absolute Gasteiger partial charge is 0.497 e. The van der Waals surface area contributed by atoms with E-state index in [9.17, 15) is 18.4 Å². The van der Waals surface area contributed by atoms with Crippen molar-refractivity contribution in [2.45, 2.75) is 6.42 Å². The van der Waals surface area contributed by atoms with Gasteiger partial charge in [-0.1, -0.05) is 0 Å². The Labute approximate surface area is 157 Å². The molecule has 0 unspecified atom stereocenters. The standard InChI is InChI=1S/C20H14F2O4S/c1-26-14-5-2-11(3-6-14)20-12(9-18(23)24)8-17(27-20)19(25)15-10-13(21)4-7-16(15)22/h2-8,10H,9H2,1H3,(H,23,24). The molecule has 3 aromatic rings. The van der Waals surface area contributed by atoms with Crippen LogP contribution in [-0.2, 0) is 11.2 Å². The van der Waals surface area contributed by atoms with Gasteiger partial charge in [0.15, 0.2) is 0 Å². The van der Waals surface area contributed by atoms with Gasteiger partial charge >= 0.3 is 5.97 Å². The Bertz CT molecular complexity index is 1010. The van der Waals surface area contributed by atoms with Gasteiger partial charge in [-0.15, -0.1) is 11.3 Å². The Morgan fingerprint density at radius 3 is 2.41 bits per heavy atom. The zero-order valence-electron chi connectivity index (χ0n) is 14.2. The van der Waals surface area contributed by atoms with Gasteiger partial charge in [-0.25, -0.2) is 8.78 Å². The van der Waals surface area contributed by atoms with Gasteiger partial charge < -0.3 is 9.84 Å². The molecule has 2 aromatic carbocycles. The summed E-state index contributed by atoms with van der Waals surface area (Å²) in [4.78, 5) is 24.6. The van der Waals surface area contributed by atoms with Crippen LogP contribution in [0, 0.1) is 11.6 Å². The van der Waals surface area contributed by atoms with Gasteiger partial charge in [0.1, 0.15) is 17.4 Å². The number of carbonyl (C=O) groups is 2. The van der Waals surface area contributed by atoms with Crippen molar-refractivity contribution in [3.8, 4) is 16.2 Å². The van der Waals surface area contributed by atoms with Crippen molar-refractivity contribution in [2.75, 3.05) is 7.11 Å². The number of hydrogen-bond acceptors (Lipinski definition) is 4. The molecule has 0 bridgehead atoms. The molecule has 7 heteroatoms. The van der Waals surface area contributed by atoms with Crippen LogP contribution in [0.2, 0.25) is 0 Å². The lowest BCUT2D eigenvalue weighted by molar-refractivity contribution is -0.136. The lowest BCUT2D eigenvalue weighted by atomic mass is 10.0. The highest BCUT2D eigenvalue weighted by atomic mass is 32.1. The summed E-state index contributed by atoms with van der Waals surface area (Å²) in [6.07, 6.45) is -0.295. The Kier molecular flexibility index (Phi) is 5.32. The second kappa shape index (κ2) is 7.67. The molecular formula is C20H14F2O4S. The van der Waals surface area contributed by atoms with E-state index in [1.54, 1.807) is 24.3 Å². The van der Waals surface area contributed by atoms with Crippen LogP contribution in [-0.4, -0.2) is 24.0 Å². The lowest BCUT2D eigenvalue weighted by Crippen LogP contribution is -2.03. The van der Waals surface area contributed by atoms with E-state index in [2.05, 4.69) is 0 Å². The van der Waals surface area contributed by atoms with Crippen molar-refractivity contribution < 1.29 is 28.2 Å². The van der Waals surface area contributed by atoms with Gasteiger partial charge in [-0.2, -0.15) is 0 Å². The number of carbonyl (C=O) groups excluding carboxylic acids is 1. The third-order valence-corrected chi connectivity index (χ3v) is 5.12. The highest BCUT2D eigenvalue weighted by Crippen LogP contribution is 2.35. The second-order valence-electron chi connectivity index (χ2n) is 5.72. The number of halogens is 2. The topological polar surface area (TPSA) is 63.6 Å². The molecule has 0 spiro atoms. The van der Waals surface area contributed by atoms with Gasteiger partial charge in [0.05, 0.1) is 24.0 Å². The number of hydrogen-bond donors (Lipinski definition) is 1. The van der Waals surface area contributed by atoms with Gasteiger partial charge in [0.2, 0.25) is 5.78 Å². The molecule has 0 fully saturated rings. The first-order valence-corrected chi connectivity index (χ1v) is 8.69. The lowest BCUT2D eigenvalue weighted by Gasteiger charge is -2.04. The van der Waals surface area contributed by atoms with E-state index in [1.165, 1.54) is 13.2 Å². The highest BCUT2D eigenvalue weighted by molar-refractivity contribution is 7.17. The van der Waals surface area contributed by atoms with E-state index < -0.39 is 23.4 Å². The summed E-state index contributed by atoms with van der Waals surface area (Å²) in [7, 11) is 1.53. The van der Waals surface area contributed by atoms with E-state index in [-0.39, 0.29) is 16.9 Å². The summed E-state index contributed by atoms with van der Waals surface area (Å²) in [5.41, 5.74) is 0.744. The number of rotatable bonds is 6. The van der Waals surface area contributed by atoms with Crippen LogP contribution in [0.3, 0.4) is 0 Å². The molecule has 1 heterocycles. The first-order valence-electron chi connectivity index (χ1n) is 7.87. The van der Waals surface area contributed by atoms with Gasteiger partial charge in [-0.05, 0) is 59.7 Å². The second-order valence-corrected chi connectivity index (χ2v) is 6.77. The molecule has 1 N–H and O–H groups in total. The SMILES string of the molecule is COc1ccc(-c2sc(C(=O)c3cc(F)ccc3F)cc2CC(=O)O)cc1. The molecule has 0 aliphatic heterocycles. The smallest absolute Gasteiger partial charge is 0.307 e. The van der Waals surface area contributed by atoms with E-state index in [0.717, 1.165) is 29.5 Å². The fraction of sp³-hybridized carbons (Fsp3) is 0.100.